The van der Waals surface area contributed by atoms with Gasteiger partial charge < -0.3 is 10.1 Å². The monoisotopic (exact) mass is 314 g/mol. The first-order valence-corrected chi connectivity index (χ1v) is 7.68. The molecule has 1 amide bonds. The summed E-state index contributed by atoms with van der Waals surface area (Å²) in [5.74, 6) is -0.416. The Labute approximate surface area is 134 Å². The van der Waals surface area contributed by atoms with Crippen molar-refractivity contribution in [1.29, 1.82) is 0 Å². The zero-order valence-corrected chi connectivity index (χ0v) is 13.0. The summed E-state index contributed by atoms with van der Waals surface area (Å²) in [5, 5.41) is 2.99. The molecule has 0 spiro atoms. The molecule has 5 heteroatoms. The number of amides is 1. The molecule has 2 aromatic rings. The standard InChI is InChI=1S/C18H19FN2O2/c1-12-15(3-2-4-16(12)19)18(22)21-17-11-23-10-14(17)9-13-5-7-20-8-6-13/h2-8,14,17H,9-11H2,1H3,(H,21,22)/t14-,17-/m1/s1. The predicted molar refractivity (Wildman–Crippen MR) is 84.6 cm³/mol. The second kappa shape index (κ2) is 6.87. The Balaban J connectivity index is 1.69. The van der Waals surface area contributed by atoms with Gasteiger partial charge in [0.05, 0.1) is 19.3 Å². The molecule has 1 aliphatic rings. The molecular weight excluding hydrogens is 295 g/mol. The van der Waals surface area contributed by atoms with E-state index in [1.54, 1.807) is 31.5 Å². The third kappa shape index (κ3) is 3.56. The van der Waals surface area contributed by atoms with E-state index in [0.717, 1.165) is 12.0 Å². The summed E-state index contributed by atoms with van der Waals surface area (Å²) in [6.07, 6.45) is 4.33. The van der Waals surface area contributed by atoms with Crippen molar-refractivity contribution in [2.75, 3.05) is 13.2 Å². The van der Waals surface area contributed by atoms with E-state index in [-0.39, 0.29) is 23.7 Å². The third-order valence-electron chi connectivity index (χ3n) is 4.27. The number of pyridine rings is 1. The summed E-state index contributed by atoms with van der Waals surface area (Å²) in [4.78, 5) is 16.4. The average Bonchev–Trinajstić information content (AvgIpc) is 2.98. The van der Waals surface area contributed by atoms with Crippen LogP contribution in [0.3, 0.4) is 0 Å². The molecule has 0 saturated carbocycles. The van der Waals surface area contributed by atoms with Crippen molar-refractivity contribution in [3.8, 4) is 0 Å². The molecule has 1 fully saturated rings. The molecule has 1 saturated heterocycles. The molecule has 0 unspecified atom stereocenters. The van der Waals surface area contributed by atoms with Gasteiger partial charge in [-0.3, -0.25) is 9.78 Å². The van der Waals surface area contributed by atoms with E-state index in [0.29, 0.717) is 24.3 Å². The van der Waals surface area contributed by atoms with Crippen molar-refractivity contribution in [1.82, 2.24) is 10.3 Å². The fourth-order valence-corrected chi connectivity index (χ4v) is 2.88. The zero-order chi connectivity index (χ0) is 16.2. The molecule has 0 bridgehead atoms. The third-order valence-corrected chi connectivity index (χ3v) is 4.27. The van der Waals surface area contributed by atoms with Gasteiger partial charge in [-0.15, -0.1) is 0 Å². The zero-order valence-electron chi connectivity index (χ0n) is 13.0. The highest BCUT2D eigenvalue weighted by molar-refractivity contribution is 5.95. The fraction of sp³-hybridized carbons (Fsp3) is 0.333. The largest absolute Gasteiger partial charge is 0.379 e. The quantitative estimate of drug-likeness (QED) is 0.943. The van der Waals surface area contributed by atoms with Crippen LogP contribution in [0.4, 0.5) is 4.39 Å². The second-order valence-electron chi connectivity index (χ2n) is 5.85. The number of hydrogen-bond acceptors (Lipinski definition) is 3. The van der Waals surface area contributed by atoms with Crippen molar-refractivity contribution in [3.05, 3.63) is 65.2 Å². The van der Waals surface area contributed by atoms with Gasteiger partial charge in [0.2, 0.25) is 0 Å². The topological polar surface area (TPSA) is 51.2 Å². The van der Waals surface area contributed by atoms with Gasteiger partial charge in [-0.1, -0.05) is 6.07 Å². The lowest BCUT2D eigenvalue weighted by atomic mass is 9.95. The van der Waals surface area contributed by atoms with Crippen molar-refractivity contribution in [3.63, 3.8) is 0 Å². The highest BCUT2D eigenvalue weighted by atomic mass is 19.1. The van der Waals surface area contributed by atoms with E-state index < -0.39 is 0 Å². The van der Waals surface area contributed by atoms with E-state index in [9.17, 15) is 9.18 Å². The van der Waals surface area contributed by atoms with Gasteiger partial charge in [0.25, 0.3) is 5.91 Å². The summed E-state index contributed by atoms with van der Waals surface area (Å²) < 4.78 is 19.1. The highest BCUT2D eigenvalue weighted by Crippen LogP contribution is 2.20. The van der Waals surface area contributed by atoms with Crippen LogP contribution in [0.5, 0.6) is 0 Å². The molecule has 120 valence electrons. The summed E-state index contributed by atoms with van der Waals surface area (Å²) in [6.45, 7) is 2.70. The summed E-state index contributed by atoms with van der Waals surface area (Å²) in [7, 11) is 0. The molecule has 3 rings (SSSR count). The van der Waals surface area contributed by atoms with Crippen molar-refractivity contribution < 1.29 is 13.9 Å². The minimum atomic E-state index is -0.367. The first-order valence-electron chi connectivity index (χ1n) is 7.68. The number of carbonyl (C=O) groups excluding carboxylic acids is 1. The molecule has 1 aromatic carbocycles. The van der Waals surface area contributed by atoms with Crippen LogP contribution in [0, 0.1) is 18.7 Å². The number of halogens is 1. The molecule has 0 radical (unpaired) electrons. The van der Waals surface area contributed by atoms with Crippen LogP contribution < -0.4 is 5.32 Å². The number of nitrogens with zero attached hydrogens (tertiary/aromatic N) is 1. The Morgan fingerprint density at radius 2 is 2.09 bits per heavy atom. The van der Waals surface area contributed by atoms with Crippen LogP contribution in [0.15, 0.2) is 42.7 Å². The summed E-state index contributed by atoms with van der Waals surface area (Å²) >= 11 is 0. The Morgan fingerprint density at radius 1 is 1.30 bits per heavy atom. The van der Waals surface area contributed by atoms with Crippen LogP contribution in [0.2, 0.25) is 0 Å². The van der Waals surface area contributed by atoms with E-state index >= 15 is 0 Å². The first-order chi connectivity index (χ1) is 11.1. The Bertz CT molecular complexity index is 691. The van der Waals surface area contributed by atoms with Gasteiger partial charge in [-0.05, 0) is 48.7 Å². The van der Waals surface area contributed by atoms with Gasteiger partial charge in [-0.2, -0.15) is 0 Å². The smallest absolute Gasteiger partial charge is 0.251 e. The lowest BCUT2D eigenvalue weighted by molar-refractivity contribution is 0.0924. The van der Waals surface area contributed by atoms with Gasteiger partial charge >= 0.3 is 0 Å². The molecule has 2 heterocycles. The SMILES string of the molecule is Cc1c(F)cccc1C(=O)N[C@@H]1COC[C@H]1Cc1ccncc1. The van der Waals surface area contributed by atoms with Gasteiger partial charge in [0.1, 0.15) is 5.82 Å². The van der Waals surface area contributed by atoms with Crippen LogP contribution in [0.25, 0.3) is 0 Å². The van der Waals surface area contributed by atoms with Crippen LogP contribution >= 0.6 is 0 Å². The fourth-order valence-electron chi connectivity index (χ4n) is 2.88. The number of ether oxygens (including phenoxy) is 1. The van der Waals surface area contributed by atoms with Crippen molar-refractivity contribution >= 4 is 5.91 Å². The molecule has 4 nitrogen and oxygen atoms in total. The molecule has 1 aromatic heterocycles. The van der Waals surface area contributed by atoms with Crippen LogP contribution in [0.1, 0.15) is 21.5 Å². The van der Waals surface area contributed by atoms with E-state index in [1.165, 1.54) is 6.07 Å². The van der Waals surface area contributed by atoms with Gasteiger partial charge in [-0.25, -0.2) is 4.39 Å². The number of aromatic nitrogens is 1. The number of hydrogen-bond donors (Lipinski definition) is 1. The maximum Gasteiger partial charge on any atom is 0.251 e. The van der Waals surface area contributed by atoms with E-state index in [2.05, 4.69) is 10.3 Å². The van der Waals surface area contributed by atoms with Crippen LogP contribution in [-0.2, 0) is 11.2 Å². The molecule has 0 aliphatic carbocycles. The predicted octanol–water partition coefficient (Wildman–Crippen LogP) is 2.52. The Morgan fingerprint density at radius 3 is 2.87 bits per heavy atom. The minimum absolute atomic E-state index is 0.0710. The van der Waals surface area contributed by atoms with Crippen molar-refractivity contribution in [2.45, 2.75) is 19.4 Å². The molecule has 23 heavy (non-hydrogen) atoms. The maximum absolute atomic E-state index is 13.6. The van der Waals surface area contributed by atoms with E-state index in [4.69, 9.17) is 4.74 Å². The molecule has 1 aliphatic heterocycles. The Hall–Kier alpha value is -2.27. The van der Waals surface area contributed by atoms with Crippen LogP contribution in [-0.4, -0.2) is 30.1 Å². The summed E-state index contributed by atoms with van der Waals surface area (Å²) in [6, 6.07) is 8.41. The van der Waals surface area contributed by atoms with Crippen molar-refractivity contribution in [2.24, 2.45) is 5.92 Å². The number of rotatable bonds is 4. The Kier molecular flexibility index (Phi) is 4.67. The number of carbonyl (C=O) groups is 1. The lowest BCUT2D eigenvalue weighted by Crippen LogP contribution is -2.40. The number of benzene rings is 1. The van der Waals surface area contributed by atoms with Gasteiger partial charge in [0, 0.05) is 23.9 Å². The second-order valence-corrected chi connectivity index (χ2v) is 5.85. The minimum Gasteiger partial charge on any atom is -0.379 e. The maximum atomic E-state index is 13.6. The average molecular weight is 314 g/mol. The molecular formula is C18H19FN2O2. The first kappa shape index (κ1) is 15.6. The molecule has 2 atom stereocenters. The van der Waals surface area contributed by atoms with Gasteiger partial charge in [0.15, 0.2) is 0 Å². The lowest BCUT2D eigenvalue weighted by Gasteiger charge is -2.19. The summed E-state index contributed by atoms with van der Waals surface area (Å²) in [5.41, 5.74) is 1.91. The number of nitrogens with one attached hydrogen (secondary N) is 1. The van der Waals surface area contributed by atoms with E-state index in [1.807, 2.05) is 12.1 Å². The normalized spacial score (nSPS) is 20.4. The highest BCUT2D eigenvalue weighted by Gasteiger charge is 2.30. The molecule has 1 N–H and O–H groups in total.